The molecule has 164 valence electrons. The van der Waals surface area contributed by atoms with Crippen molar-refractivity contribution in [2.24, 2.45) is 11.0 Å². The summed E-state index contributed by atoms with van der Waals surface area (Å²) in [6.45, 7) is 3.89. The normalized spacial score (nSPS) is 12.7. The molecule has 0 bridgehead atoms. The van der Waals surface area contributed by atoms with Gasteiger partial charge in [0.1, 0.15) is 17.5 Å². The van der Waals surface area contributed by atoms with Gasteiger partial charge in [0.15, 0.2) is 0 Å². The molecule has 0 heterocycles. The molecule has 3 rings (SSSR count). The number of rotatable bonds is 9. The molecule has 0 saturated carbocycles. The van der Waals surface area contributed by atoms with Crippen molar-refractivity contribution >= 4 is 18.0 Å². The Morgan fingerprint density at radius 2 is 1.59 bits per heavy atom. The number of carbonyl (C=O) groups is 2. The number of nitrogens with one attached hydrogen (secondary N) is 2. The van der Waals surface area contributed by atoms with E-state index in [9.17, 15) is 9.59 Å². The number of ether oxygens (including phenoxy) is 1. The molecule has 0 unspecified atom stereocenters. The van der Waals surface area contributed by atoms with E-state index in [1.165, 1.54) is 0 Å². The first-order valence-corrected chi connectivity index (χ1v) is 10.6. The summed E-state index contributed by atoms with van der Waals surface area (Å²) in [5, 5.41) is 6.90. The Bertz CT molecular complexity index is 1050. The molecule has 0 radical (unpaired) electrons. The van der Waals surface area contributed by atoms with E-state index in [1.54, 1.807) is 30.5 Å². The third-order valence-corrected chi connectivity index (χ3v) is 5.04. The fourth-order valence-corrected chi connectivity index (χ4v) is 3.04. The van der Waals surface area contributed by atoms with Crippen molar-refractivity contribution in [3.63, 3.8) is 0 Å². The second-order valence-corrected chi connectivity index (χ2v) is 7.42. The number of hydrogen-bond acceptors (Lipinski definition) is 4. The summed E-state index contributed by atoms with van der Waals surface area (Å²) in [5.74, 6) is 0.692. The van der Waals surface area contributed by atoms with Crippen molar-refractivity contribution in [3.8, 4) is 11.5 Å². The zero-order valence-corrected chi connectivity index (χ0v) is 18.2. The van der Waals surface area contributed by atoms with Gasteiger partial charge in [-0.15, -0.1) is 0 Å². The summed E-state index contributed by atoms with van der Waals surface area (Å²) in [4.78, 5) is 25.3. The molecule has 0 aliphatic rings. The van der Waals surface area contributed by atoms with Gasteiger partial charge in [-0.3, -0.25) is 9.59 Å². The van der Waals surface area contributed by atoms with E-state index in [-0.39, 0.29) is 17.7 Å². The second-order valence-electron chi connectivity index (χ2n) is 7.42. The average molecular weight is 430 g/mol. The highest BCUT2D eigenvalue weighted by molar-refractivity contribution is 5.97. The highest BCUT2D eigenvalue weighted by Gasteiger charge is 2.26. The summed E-state index contributed by atoms with van der Waals surface area (Å²) < 4.78 is 5.82. The predicted octanol–water partition coefficient (Wildman–Crippen LogP) is 4.77. The molecule has 0 aliphatic heterocycles. The van der Waals surface area contributed by atoms with Crippen LogP contribution in [0.15, 0.2) is 90.0 Å². The highest BCUT2D eigenvalue weighted by Crippen LogP contribution is 2.21. The second kappa shape index (κ2) is 11.5. The molecular weight excluding hydrogens is 402 g/mol. The number of nitrogens with zero attached hydrogens (tertiary/aromatic N) is 1. The molecule has 0 saturated heterocycles. The molecule has 0 fully saturated rings. The number of hydrogen-bond donors (Lipinski definition) is 2. The molecule has 6 heteroatoms. The monoisotopic (exact) mass is 429 g/mol. The molecule has 0 aromatic heterocycles. The molecule has 2 atom stereocenters. The van der Waals surface area contributed by atoms with Gasteiger partial charge in [-0.2, -0.15) is 5.10 Å². The molecule has 3 aromatic rings. The highest BCUT2D eigenvalue weighted by atomic mass is 16.5. The maximum Gasteiger partial charge on any atom is 0.262 e. The molecule has 0 aliphatic carbocycles. The third-order valence-electron chi connectivity index (χ3n) is 5.04. The van der Waals surface area contributed by atoms with Crippen LogP contribution in [0.2, 0.25) is 0 Å². The summed E-state index contributed by atoms with van der Waals surface area (Å²) in [7, 11) is 0. The zero-order valence-electron chi connectivity index (χ0n) is 18.2. The van der Waals surface area contributed by atoms with E-state index in [2.05, 4.69) is 15.8 Å². The lowest BCUT2D eigenvalue weighted by molar-refractivity contribution is -0.124. The van der Waals surface area contributed by atoms with Crippen molar-refractivity contribution in [3.05, 3.63) is 96.1 Å². The van der Waals surface area contributed by atoms with E-state index in [1.807, 2.05) is 74.5 Å². The predicted molar refractivity (Wildman–Crippen MR) is 126 cm³/mol. The Morgan fingerprint density at radius 1 is 0.938 bits per heavy atom. The minimum Gasteiger partial charge on any atom is -0.457 e. The standard InChI is InChI=1S/C26H27N3O3/c1-3-19(2)24(28-25(30)21-12-6-4-7-13-21)26(31)29-27-18-20-11-10-16-23(17-20)32-22-14-8-5-9-15-22/h4-19,24H,3H2,1-2H3,(H,28,30)(H,29,31)/b27-18-/t19-,24-/m0/s1. The number of amides is 2. The van der Waals surface area contributed by atoms with Crippen LogP contribution in [0.25, 0.3) is 0 Å². The Labute approximate surface area is 188 Å². The maximum atomic E-state index is 12.7. The first kappa shape index (κ1) is 22.7. The fourth-order valence-electron chi connectivity index (χ4n) is 3.04. The van der Waals surface area contributed by atoms with Crippen molar-refractivity contribution < 1.29 is 14.3 Å². The Hall–Kier alpha value is -3.93. The van der Waals surface area contributed by atoms with Crippen LogP contribution >= 0.6 is 0 Å². The fraction of sp³-hybridized carbons (Fsp3) is 0.192. The van der Waals surface area contributed by atoms with Gasteiger partial charge in [0, 0.05) is 5.56 Å². The lowest BCUT2D eigenvalue weighted by Gasteiger charge is -2.22. The first-order valence-electron chi connectivity index (χ1n) is 10.6. The van der Waals surface area contributed by atoms with E-state index in [0.29, 0.717) is 11.3 Å². The Morgan fingerprint density at radius 3 is 2.28 bits per heavy atom. The lowest BCUT2D eigenvalue weighted by atomic mass is 9.98. The van der Waals surface area contributed by atoms with Crippen molar-refractivity contribution in [1.82, 2.24) is 10.7 Å². The summed E-state index contributed by atoms with van der Waals surface area (Å²) in [6.07, 6.45) is 2.28. The SMILES string of the molecule is CC[C@H](C)[C@H](NC(=O)c1ccccc1)C(=O)N/N=C\c1cccc(Oc2ccccc2)c1. The van der Waals surface area contributed by atoms with Crippen LogP contribution in [-0.4, -0.2) is 24.1 Å². The van der Waals surface area contributed by atoms with Gasteiger partial charge in [-0.1, -0.05) is 68.8 Å². The van der Waals surface area contributed by atoms with Crippen molar-refractivity contribution in [1.29, 1.82) is 0 Å². The number of para-hydroxylation sites is 1. The quantitative estimate of drug-likeness (QED) is 0.380. The molecule has 6 nitrogen and oxygen atoms in total. The third kappa shape index (κ3) is 6.54. The average Bonchev–Trinajstić information content (AvgIpc) is 2.83. The van der Waals surface area contributed by atoms with Gasteiger partial charge in [-0.25, -0.2) is 5.43 Å². The largest absolute Gasteiger partial charge is 0.457 e. The van der Waals surface area contributed by atoms with Gasteiger partial charge >= 0.3 is 0 Å². The minimum absolute atomic E-state index is 0.0551. The van der Waals surface area contributed by atoms with Crippen LogP contribution in [0.5, 0.6) is 11.5 Å². The van der Waals surface area contributed by atoms with Gasteiger partial charge in [-0.05, 0) is 47.9 Å². The molecule has 2 amide bonds. The molecule has 2 N–H and O–H groups in total. The van der Waals surface area contributed by atoms with Gasteiger partial charge < -0.3 is 10.1 Å². The van der Waals surface area contributed by atoms with Crippen LogP contribution in [0.3, 0.4) is 0 Å². The van der Waals surface area contributed by atoms with Crippen LogP contribution in [0, 0.1) is 5.92 Å². The van der Waals surface area contributed by atoms with E-state index >= 15 is 0 Å². The van der Waals surface area contributed by atoms with Crippen LogP contribution < -0.4 is 15.5 Å². The lowest BCUT2D eigenvalue weighted by Crippen LogP contribution is -2.49. The molecule has 32 heavy (non-hydrogen) atoms. The minimum atomic E-state index is -0.697. The molecular formula is C26H27N3O3. The first-order chi connectivity index (χ1) is 15.6. The molecule has 3 aromatic carbocycles. The topological polar surface area (TPSA) is 79.8 Å². The van der Waals surface area contributed by atoms with Crippen LogP contribution in [0.4, 0.5) is 0 Å². The van der Waals surface area contributed by atoms with Crippen LogP contribution in [0.1, 0.15) is 36.2 Å². The van der Waals surface area contributed by atoms with Gasteiger partial charge in [0.2, 0.25) is 0 Å². The van der Waals surface area contributed by atoms with Gasteiger partial charge in [0.05, 0.1) is 6.21 Å². The number of hydrazone groups is 1. The van der Waals surface area contributed by atoms with E-state index < -0.39 is 6.04 Å². The number of carbonyl (C=O) groups excluding carboxylic acids is 2. The van der Waals surface area contributed by atoms with Gasteiger partial charge in [0.25, 0.3) is 11.8 Å². The van der Waals surface area contributed by atoms with Crippen molar-refractivity contribution in [2.45, 2.75) is 26.3 Å². The maximum absolute atomic E-state index is 12.7. The molecule has 0 spiro atoms. The Kier molecular flexibility index (Phi) is 8.15. The summed E-state index contributed by atoms with van der Waals surface area (Å²) in [6, 6.07) is 25.0. The summed E-state index contributed by atoms with van der Waals surface area (Å²) in [5.41, 5.74) is 3.82. The Balaban J connectivity index is 1.63. The zero-order chi connectivity index (χ0) is 22.8. The number of benzene rings is 3. The summed E-state index contributed by atoms with van der Waals surface area (Å²) >= 11 is 0. The van der Waals surface area contributed by atoms with E-state index in [4.69, 9.17) is 4.74 Å². The van der Waals surface area contributed by atoms with Crippen molar-refractivity contribution in [2.75, 3.05) is 0 Å². The van der Waals surface area contributed by atoms with Crippen LogP contribution in [-0.2, 0) is 4.79 Å². The smallest absolute Gasteiger partial charge is 0.262 e. The van der Waals surface area contributed by atoms with E-state index in [0.717, 1.165) is 17.7 Å².